The first-order valence-electron chi connectivity index (χ1n) is 11.2. The van der Waals surface area contributed by atoms with Crippen LogP contribution in [-0.2, 0) is 0 Å². The van der Waals surface area contributed by atoms with Gasteiger partial charge < -0.3 is 20.0 Å². The second-order valence-corrected chi connectivity index (χ2v) is 8.23. The number of carbonyl (C=O) groups excluding carboxylic acids is 1. The molecule has 4 rings (SSSR count). The van der Waals surface area contributed by atoms with Gasteiger partial charge in [0, 0.05) is 61.3 Å². The van der Waals surface area contributed by atoms with Gasteiger partial charge in [0.1, 0.15) is 0 Å². The summed E-state index contributed by atoms with van der Waals surface area (Å²) in [5.41, 5.74) is 7.20. The monoisotopic (exact) mass is 408 g/mol. The Morgan fingerprint density at radius 2 is 1.70 bits per heavy atom. The zero-order chi connectivity index (χ0) is 21.8. The van der Waals surface area contributed by atoms with Gasteiger partial charge in [-0.1, -0.05) is 32.1 Å². The number of carbonyl (C=O) groups is 1. The first-order chi connectivity index (χ1) is 14.5. The van der Waals surface area contributed by atoms with Gasteiger partial charge in [-0.2, -0.15) is 0 Å². The van der Waals surface area contributed by atoms with Crippen molar-refractivity contribution in [2.45, 2.75) is 47.1 Å². The lowest BCUT2D eigenvalue weighted by molar-refractivity contribution is 0.164. The van der Waals surface area contributed by atoms with Crippen molar-refractivity contribution in [2.24, 2.45) is 0 Å². The Morgan fingerprint density at radius 1 is 1.03 bits per heavy atom. The SMILES string of the molecule is CC.Cc1c(NC(=O)N2CCN(C)CC2)ccc2c1C1=CC=CC=C(C1)N2C(C)C. The van der Waals surface area contributed by atoms with Crippen LogP contribution in [0.4, 0.5) is 16.2 Å². The molecule has 0 atom stereocenters. The lowest BCUT2D eigenvalue weighted by atomic mass is 9.88. The molecule has 0 spiro atoms. The van der Waals surface area contributed by atoms with Gasteiger partial charge in [0.15, 0.2) is 0 Å². The topological polar surface area (TPSA) is 38.8 Å². The van der Waals surface area contributed by atoms with E-state index < -0.39 is 0 Å². The van der Waals surface area contributed by atoms with Gasteiger partial charge in [0.2, 0.25) is 0 Å². The van der Waals surface area contributed by atoms with Gasteiger partial charge in [-0.25, -0.2) is 4.79 Å². The van der Waals surface area contributed by atoms with Gasteiger partial charge >= 0.3 is 6.03 Å². The van der Waals surface area contributed by atoms with Crippen LogP contribution in [0.15, 0.2) is 42.1 Å². The number of benzene rings is 1. The number of hydrogen-bond acceptors (Lipinski definition) is 3. The number of hydrogen-bond donors (Lipinski definition) is 1. The number of fused-ring (bicyclic) bond motifs is 4. The molecular formula is C25H36N4O. The van der Waals surface area contributed by atoms with E-state index in [2.05, 4.69) is 79.4 Å². The average molecular weight is 409 g/mol. The Labute approximate surface area is 181 Å². The summed E-state index contributed by atoms with van der Waals surface area (Å²) in [4.78, 5) is 19.4. The Kier molecular flexibility index (Phi) is 7.03. The molecule has 2 amide bonds. The van der Waals surface area contributed by atoms with E-state index >= 15 is 0 Å². The molecule has 1 aromatic carbocycles. The molecule has 1 aliphatic carbocycles. The molecule has 162 valence electrons. The molecule has 0 unspecified atom stereocenters. The van der Waals surface area contributed by atoms with Crippen LogP contribution >= 0.6 is 0 Å². The quantitative estimate of drug-likeness (QED) is 0.726. The van der Waals surface area contributed by atoms with E-state index in [1.54, 1.807) is 0 Å². The summed E-state index contributed by atoms with van der Waals surface area (Å²) in [6, 6.07) is 4.60. The molecule has 1 aromatic rings. The third-order valence-electron chi connectivity index (χ3n) is 5.95. The van der Waals surface area contributed by atoms with Crippen LogP contribution in [0.2, 0.25) is 0 Å². The summed E-state index contributed by atoms with van der Waals surface area (Å²) in [5.74, 6) is 0. The third kappa shape index (κ3) is 4.31. The third-order valence-corrected chi connectivity index (χ3v) is 5.95. The molecule has 5 nitrogen and oxygen atoms in total. The number of amides is 2. The number of anilines is 2. The largest absolute Gasteiger partial charge is 0.342 e. The van der Waals surface area contributed by atoms with E-state index in [9.17, 15) is 4.79 Å². The minimum absolute atomic E-state index is 0.00278. The van der Waals surface area contributed by atoms with Crippen molar-refractivity contribution in [1.82, 2.24) is 9.80 Å². The molecule has 1 N–H and O–H groups in total. The van der Waals surface area contributed by atoms with Crippen molar-refractivity contribution in [2.75, 3.05) is 43.4 Å². The lowest BCUT2D eigenvalue weighted by Crippen LogP contribution is -2.48. The number of urea groups is 1. The van der Waals surface area contributed by atoms with E-state index in [1.807, 2.05) is 18.7 Å². The summed E-state index contributed by atoms with van der Waals surface area (Å²) in [6.07, 6.45) is 9.58. The highest BCUT2D eigenvalue weighted by atomic mass is 16.2. The van der Waals surface area contributed by atoms with Gasteiger partial charge in [-0.15, -0.1) is 0 Å². The zero-order valence-electron chi connectivity index (χ0n) is 19.3. The summed E-state index contributed by atoms with van der Waals surface area (Å²) >= 11 is 0. The van der Waals surface area contributed by atoms with Gasteiger partial charge in [-0.05, 0) is 57.2 Å². The molecule has 30 heavy (non-hydrogen) atoms. The molecule has 3 aliphatic rings. The molecule has 2 heterocycles. The lowest BCUT2D eigenvalue weighted by Gasteiger charge is -2.39. The van der Waals surface area contributed by atoms with Crippen LogP contribution in [0.1, 0.15) is 45.2 Å². The average Bonchev–Trinajstić information content (AvgIpc) is 2.94. The number of allylic oxidation sites excluding steroid dienone is 5. The Bertz CT molecular complexity index is 873. The number of nitrogens with zero attached hydrogens (tertiary/aromatic N) is 3. The maximum absolute atomic E-state index is 12.8. The first-order valence-corrected chi connectivity index (χ1v) is 11.2. The van der Waals surface area contributed by atoms with Crippen LogP contribution in [-0.4, -0.2) is 55.1 Å². The van der Waals surface area contributed by atoms with Crippen LogP contribution in [0, 0.1) is 6.92 Å². The standard InChI is InChI=1S/C23H30N4O.C2H6/c1-16(2)27-19-8-6-5-7-18(15-19)22-17(3)20(9-10-21(22)27)24-23(28)26-13-11-25(4)12-14-26;1-2/h5-10,16H,11-15H2,1-4H3,(H,24,28);1-2H3. The van der Waals surface area contributed by atoms with Crippen molar-refractivity contribution in [1.29, 1.82) is 0 Å². The van der Waals surface area contributed by atoms with Crippen molar-refractivity contribution in [3.05, 3.63) is 53.3 Å². The molecule has 2 bridgehead atoms. The summed E-state index contributed by atoms with van der Waals surface area (Å²) in [6.45, 7) is 14.0. The molecule has 1 fully saturated rings. The van der Waals surface area contributed by atoms with Gasteiger partial charge in [0.25, 0.3) is 0 Å². The van der Waals surface area contributed by atoms with Gasteiger partial charge in [-0.3, -0.25) is 0 Å². The number of rotatable bonds is 2. The van der Waals surface area contributed by atoms with Gasteiger partial charge in [0.05, 0.1) is 0 Å². The predicted molar refractivity (Wildman–Crippen MR) is 128 cm³/mol. The Balaban J connectivity index is 0.00000124. The van der Waals surface area contributed by atoms with Crippen molar-refractivity contribution in [3.63, 3.8) is 0 Å². The number of likely N-dealkylation sites (N-methyl/N-ethyl adjacent to an activating group) is 1. The molecule has 1 saturated heterocycles. The normalized spacial score (nSPS) is 18.1. The molecule has 0 aromatic heterocycles. The summed E-state index contributed by atoms with van der Waals surface area (Å²) in [5, 5.41) is 3.17. The predicted octanol–water partition coefficient (Wildman–Crippen LogP) is 5.26. The Morgan fingerprint density at radius 3 is 2.37 bits per heavy atom. The molecule has 0 saturated carbocycles. The second kappa shape index (κ2) is 9.52. The van der Waals surface area contributed by atoms with Crippen LogP contribution in [0.3, 0.4) is 0 Å². The Hall–Kier alpha value is -2.53. The minimum atomic E-state index is 0.00278. The van der Waals surface area contributed by atoms with Crippen molar-refractivity contribution < 1.29 is 4.79 Å². The maximum atomic E-state index is 12.8. The van der Waals surface area contributed by atoms with Crippen LogP contribution in [0.25, 0.3) is 5.57 Å². The minimum Gasteiger partial charge on any atom is -0.342 e. The smallest absolute Gasteiger partial charge is 0.321 e. The van der Waals surface area contributed by atoms with E-state index in [1.165, 1.54) is 22.5 Å². The van der Waals surface area contributed by atoms with E-state index in [4.69, 9.17) is 0 Å². The van der Waals surface area contributed by atoms with Crippen molar-refractivity contribution in [3.8, 4) is 0 Å². The zero-order valence-corrected chi connectivity index (χ0v) is 19.3. The second-order valence-electron chi connectivity index (χ2n) is 8.23. The number of piperazine rings is 1. The van der Waals surface area contributed by atoms with E-state index in [-0.39, 0.29) is 6.03 Å². The first kappa shape index (κ1) is 22.2. The van der Waals surface area contributed by atoms with Crippen LogP contribution < -0.4 is 10.2 Å². The molecular weight excluding hydrogens is 372 g/mol. The fourth-order valence-corrected chi connectivity index (χ4v) is 4.40. The van der Waals surface area contributed by atoms with Crippen LogP contribution in [0.5, 0.6) is 0 Å². The number of nitrogens with one attached hydrogen (secondary N) is 1. The fourth-order valence-electron chi connectivity index (χ4n) is 4.40. The molecule has 5 heteroatoms. The highest BCUT2D eigenvalue weighted by Gasteiger charge is 2.29. The molecule has 0 radical (unpaired) electrons. The van der Waals surface area contributed by atoms with Crippen molar-refractivity contribution >= 4 is 23.0 Å². The fraction of sp³-hybridized carbons (Fsp3) is 0.480. The summed E-state index contributed by atoms with van der Waals surface area (Å²) < 4.78 is 0. The summed E-state index contributed by atoms with van der Waals surface area (Å²) in [7, 11) is 2.10. The molecule has 2 aliphatic heterocycles. The van der Waals surface area contributed by atoms with E-state index in [0.29, 0.717) is 6.04 Å². The highest BCUT2D eigenvalue weighted by molar-refractivity contribution is 5.95. The van der Waals surface area contributed by atoms with E-state index in [0.717, 1.165) is 43.9 Å². The highest BCUT2D eigenvalue weighted by Crippen LogP contribution is 2.45. The maximum Gasteiger partial charge on any atom is 0.321 e.